The van der Waals surface area contributed by atoms with E-state index in [2.05, 4.69) is 0 Å². The number of rotatable bonds is 5. The van der Waals surface area contributed by atoms with Crippen LogP contribution in [0, 0.1) is 12.7 Å². The summed E-state index contributed by atoms with van der Waals surface area (Å²) in [5, 5.41) is 9.49. The molecule has 1 amide bonds. The van der Waals surface area contributed by atoms with Crippen LogP contribution < -0.4 is 0 Å². The van der Waals surface area contributed by atoms with E-state index in [0.29, 0.717) is 18.5 Å². The van der Waals surface area contributed by atoms with Gasteiger partial charge in [-0.3, -0.25) is 0 Å². The number of hydrogen-bond donors (Lipinski definition) is 1. The fourth-order valence-electron chi connectivity index (χ4n) is 3.50. The zero-order valence-corrected chi connectivity index (χ0v) is 15.1. The second-order valence-electron chi connectivity index (χ2n) is 6.87. The zero-order chi connectivity index (χ0) is 18.7. The van der Waals surface area contributed by atoms with Gasteiger partial charge in [-0.25, -0.2) is 9.18 Å². The van der Waals surface area contributed by atoms with Gasteiger partial charge in [0.05, 0.1) is 6.04 Å². The molecule has 1 fully saturated rings. The number of amides is 1. The smallest absolute Gasteiger partial charge is 0.411 e. The molecule has 5 heteroatoms. The molecule has 0 unspecified atom stereocenters. The number of cyclic esters (lactones) is 1. The van der Waals surface area contributed by atoms with Crippen LogP contribution in [-0.4, -0.2) is 29.3 Å². The highest BCUT2D eigenvalue weighted by Crippen LogP contribution is 2.39. The quantitative estimate of drug-likeness (QED) is 0.867. The van der Waals surface area contributed by atoms with E-state index in [1.807, 2.05) is 38.1 Å². The summed E-state index contributed by atoms with van der Waals surface area (Å²) in [6.07, 6.45) is 0.417. The van der Waals surface area contributed by atoms with Gasteiger partial charge >= 0.3 is 6.09 Å². The molecule has 2 aromatic carbocycles. The number of nitrogens with zero attached hydrogens (tertiary/aromatic N) is 1. The highest BCUT2D eigenvalue weighted by molar-refractivity contribution is 5.70. The molecule has 0 bridgehead atoms. The maximum absolute atomic E-state index is 13.3. The van der Waals surface area contributed by atoms with Crippen LogP contribution in [0.15, 0.2) is 48.5 Å². The lowest BCUT2D eigenvalue weighted by atomic mass is 9.85. The number of ether oxygens (including phenoxy) is 1. The predicted octanol–water partition coefficient (Wildman–Crippen LogP) is 4.32. The summed E-state index contributed by atoms with van der Waals surface area (Å²) in [7, 11) is 0. The Balaban J connectivity index is 1.81. The average molecular weight is 357 g/mol. The lowest BCUT2D eigenvalue weighted by Gasteiger charge is -2.43. The first kappa shape index (κ1) is 18.4. The minimum Gasteiger partial charge on any atom is -0.438 e. The van der Waals surface area contributed by atoms with Crippen molar-refractivity contribution in [3.8, 4) is 0 Å². The Bertz CT molecular complexity index is 760. The van der Waals surface area contributed by atoms with Crippen molar-refractivity contribution in [2.45, 2.75) is 38.3 Å². The molecule has 0 saturated carbocycles. The number of carbonyl (C=O) groups excluding carboxylic acids is 1. The van der Waals surface area contributed by atoms with Crippen LogP contribution in [-0.2, 0) is 10.3 Å². The average Bonchev–Trinajstić information content (AvgIpc) is 2.63. The SMILES string of the molecule is Cc1ccc([C@H](C)N2CC[C@](CCO)(c3ccc(F)cc3)OC2=O)cc1. The first-order chi connectivity index (χ1) is 12.4. The van der Waals surface area contributed by atoms with Gasteiger partial charge in [0.1, 0.15) is 11.4 Å². The monoisotopic (exact) mass is 357 g/mol. The highest BCUT2D eigenvalue weighted by atomic mass is 19.1. The maximum atomic E-state index is 13.3. The second-order valence-corrected chi connectivity index (χ2v) is 6.87. The van der Waals surface area contributed by atoms with Gasteiger partial charge in [-0.1, -0.05) is 42.0 Å². The van der Waals surface area contributed by atoms with Gasteiger partial charge in [0, 0.05) is 26.0 Å². The van der Waals surface area contributed by atoms with Gasteiger partial charge in [-0.15, -0.1) is 0 Å². The van der Waals surface area contributed by atoms with Crippen molar-refractivity contribution in [2.75, 3.05) is 13.2 Å². The molecule has 4 nitrogen and oxygen atoms in total. The van der Waals surface area contributed by atoms with Crippen molar-refractivity contribution in [2.24, 2.45) is 0 Å². The molecule has 26 heavy (non-hydrogen) atoms. The molecule has 138 valence electrons. The van der Waals surface area contributed by atoms with E-state index in [1.165, 1.54) is 17.7 Å². The molecular formula is C21H24FNO3. The van der Waals surface area contributed by atoms with Crippen LogP contribution in [0.2, 0.25) is 0 Å². The third-order valence-electron chi connectivity index (χ3n) is 5.19. The number of benzene rings is 2. The highest BCUT2D eigenvalue weighted by Gasteiger charge is 2.43. The molecule has 1 heterocycles. The van der Waals surface area contributed by atoms with Crippen molar-refractivity contribution in [3.05, 3.63) is 71.0 Å². The molecule has 1 aliphatic rings. The van der Waals surface area contributed by atoms with Crippen LogP contribution in [0.3, 0.4) is 0 Å². The van der Waals surface area contributed by atoms with E-state index in [0.717, 1.165) is 5.56 Å². The topological polar surface area (TPSA) is 49.8 Å². The van der Waals surface area contributed by atoms with Crippen molar-refractivity contribution < 1.29 is 19.0 Å². The number of carbonyl (C=O) groups is 1. The van der Waals surface area contributed by atoms with Gasteiger partial charge in [-0.2, -0.15) is 0 Å². The number of hydrogen-bond acceptors (Lipinski definition) is 3. The molecule has 1 aliphatic heterocycles. The summed E-state index contributed by atoms with van der Waals surface area (Å²) in [4.78, 5) is 14.5. The molecule has 2 atom stereocenters. The fraction of sp³-hybridized carbons (Fsp3) is 0.381. The summed E-state index contributed by atoms with van der Waals surface area (Å²) in [5.41, 5.74) is 2.01. The lowest BCUT2D eigenvalue weighted by Crippen LogP contribution is -2.49. The lowest BCUT2D eigenvalue weighted by molar-refractivity contribution is -0.0718. The van der Waals surface area contributed by atoms with E-state index in [4.69, 9.17) is 4.74 Å². The Morgan fingerprint density at radius 1 is 1.19 bits per heavy atom. The Morgan fingerprint density at radius 2 is 1.85 bits per heavy atom. The van der Waals surface area contributed by atoms with E-state index < -0.39 is 11.7 Å². The van der Waals surface area contributed by atoms with Gasteiger partial charge in [-0.05, 0) is 37.1 Å². The molecule has 1 N–H and O–H groups in total. The largest absolute Gasteiger partial charge is 0.438 e. The summed E-state index contributed by atoms with van der Waals surface area (Å²) < 4.78 is 19.1. The van der Waals surface area contributed by atoms with E-state index in [-0.39, 0.29) is 24.9 Å². The van der Waals surface area contributed by atoms with E-state index >= 15 is 0 Å². The van der Waals surface area contributed by atoms with Gasteiger partial charge in [0.2, 0.25) is 0 Å². The number of aliphatic hydroxyl groups excluding tert-OH is 1. The van der Waals surface area contributed by atoms with Crippen molar-refractivity contribution >= 4 is 6.09 Å². The summed E-state index contributed by atoms with van der Waals surface area (Å²) >= 11 is 0. The zero-order valence-electron chi connectivity index (χ0n) is 15.1. The van der Waals surface area contributed by atoms with Gasteiger partial charge in [0.25, 0.3) is 0 Å². The summed E-state index contributed by atoms with van der Waals surface area (Å²) in [6, 6.07) is 13.9. The molecule has 0 radical (unpaired) electrons. The molecule has 1 saturated heterocycles. The van der Waals surface area contributed by atoms with Crippen LogP contribution in [0.1, 0.15) is 42.5 Å². The summed E-state index contributed by atoms with van der Waals surface area (Å²) in [5.74, 6) is -0.343. The molecule has 0 spiro atoms. The van der Waals surface area contributed by atoms with Crippen molar-refractivity contribution in [3.63, 3.8) is 0 Å². The number of aryl methyl sites for hydroxylation is 1. The van der Waals surface area contributed by atoms with Crippen LogP contribution in [0.5, 0.6) is 0 Å². The number of halogens is 1. The molecular weight excluding hydrogens is 333 g/mol. The van der Waals surface area contributed by atoms with E-state index in [1.54, 1.807) is 17.0 Å². The maximum Gasteiger partial charge on any atom is 0.411 e. The third-order valence-corrected chi connectivity index (χ3v) is 5.19. The van der Waals surface area contributed by atoms with E-state index in [9.17, 15) is 14.3 Å². The van der Waals surface area contributed by atoms with Crippen molar-refractivity contribution in [1.29, 1.82) is 0 Å². The van der Waals surface area contributed by atoms with Crippen LogP contribution in [0.25, 0.3) is 0 Å². The van der Waals surface area contributed by atoms with Gasteiger partial charge < -0.3 is 14.7 Å². The fourth-order valence-corrected chi connectivity index (χ4v) is 3.50. The van der Waals surface area contributed by atoms with Crippen molar-refractivity contribution in [1.82, 2.24) is 4.90 Å². The standard InChI is InChI=1S/C21H24FNO3/c1-15-3-5-17(6-4-15)16(2)23-13-11-21(12-14-24,26-20(23)25)18-7-9-19(22)10-8-18/h3-10,16,24H,11-14H2,1-2H3/t16-,21-/m0/s1. The minimum absolute atomic E-state index is 0.108. The third kappa shape index (κ3) is 3.58. The van der Waals surface area contributed by atoms with Crippen LogP contribution in [0.4, 0.5) is 9.18 Å². The first-order valence-corrected chi connectivity index (χ1v) is 8.88. The molecule has 3 rings (SSSR count). The Labute approximate surface area is 153 Å². The molecule has 0 aliphatic carbocycles. The predicted molar refractivity (Wildman–Crippen MR) is 97.2 cm³/mol. The Kier molecular flexibility index (Phi) is 5.28. The Hall–Kier alpha value is -2.40. The number of aliphatic hydroxyl groups is 1. The molecule has 0 aromatic heterocycles. The minimum atomic E-state index is -0.914. The Morgan fingerprint density at radius 3 is 2.42 bits per heavy atom. The van der Waals surface area contributed by atoms with Crippen LogP contribution >= 0.6 is 0 Å². The van der Waals surface area contributed by atoms with Gasteiger partial charge in [0.15, 0.2) is 0 Å². The molecule has 2 aromatic rings. The second kappa shape index (κ2) is 7.46. The first-order valence-electron chi connectivity index (χ1n) is 8.88. The normalized spacial score (nSPS) is 21.4. The summed E-state index contributed by atoms with van der Waals surface area (Å²) in [6.45, 7) is 4.39.